The quantitative estimate of drug-likeness (QED) is 0.615. The summed E-state index contributed by atoms with van der Waals surface area (Å²) in [5.74, 6) is -0.132. The summed E-state index contributed by atoms with van der Waals surface area (Å²) in [6.45, 7) is 0.848. The van der Waals surface area contributed by atoms with E-state index in [2.05, 4.69) is 10.6 Å². The molecule has 1 saturated carbocycles. The number of amides is 2. The maximum atomic E-state index is 11.5. The largest absolute Gasteiger partial charge is 0.358 e. The van der Waals surface area contributed by atoms with Crippen LogP contribution in [0.3, 0.4) is 0 Å². The van der Waals surface area contributed by atoms with E-state index in [-0.39, 0.29) is 18.4 Å². The van der Waals surface area contributed by atoms with Crippen LogP contribution in [0.5, 0.6) is 0 Å². The van der Waals surface area contributed by atoms with Gasteiger partial charge in [0.05, 0.1) is 6.54 Å². The molecule has 0 bridgehead atoms. The van der Waals surface area contributed by atoms with Gasteiger partial charge in [-0.05, 0) is 12.8 Å². The van der Waals surface area contributed by atoms with Gasteiger partial charge in [0.15, 0.2) is 0 Å². The molecule has 15 heavy (non-hydrogen) atoms. The first-order valence-electron chi connectivity index (χ1n) is 5.31. The normalized spacial score (nSPS) is 14.8. The van der Waals surface area contributed by atoms with Crippen LogP contribution < -0.4 is 10.6 Å². The lowest BCUT2D eigenvalue weighted by molar-refractivity contribution is -0.134. The van der Waals surface area contributed by atoms with Crippen LogP contribution in [0.25, 0.3) is 0 Å². The highest BCUT2D eigenvalue weighted by Crippen LogP contribution is 2.18. The Morgan fingerprint density at radius 3 is 2.60 bits per heavy atom. The summed E-state index contributed by atoms with van der Waals surface area (Å²) in [6, 6.07) is 0.627. The molecule has 1 fully saturated rings. The summed E-state index contributed by atoms with van der Waals surface area (Å²) in [5, 5.41) is 5.75. The van der Waals surface area contributed by atoms with Crippen molar-refractivity contribution < 1.29 is 9.59 Å². The summed E-state index contributed by atoms with van der Waals surface area (Å²) in [7, 11) is 3.21. The molecular weight excluding hydrogens is 194 g/mol. The van der Waals surface area contributed by atoms with Crippen molar-refractivity contribution in [3.63, 3.8) is 0 Å². The second kappa shape index (κ2) is 5.70. The van der Waals surface area contributed by atoms with Gasteiger partial charge in [-0.2, -0.15) is 0 Å². The van der Waals surface area contributed by atoms with E-state index in [1.165, 1.54) is 17.7 Å². The third-order valence-corrected chi connectivity index (χ3v) is 2.43. The zero-order chi connectivity index (χ0) is 11.3. The van der Waals surface area contributed by atoms with Gasteiger partial charge in [-0.25, -0.2) is 0 Å². The minimum Gasteiger partial charge on any atom is -0.358 e. The second-order valence-electron chi connectivity index (χ2n) is 3.90. The van der Waals surface area contributed by atoms with Crippen molar-refractivity contribution in [2.24, 2.45) is 0 Å². The van der Waals surface area contributed by atoms with Crippen LogP contribution in [-0.2, 0) is 9.59 Å². The topological polar surface area (TPSA) is 61.4 Å². The molecule has 86 valence electrons. The first-order valence-corrected chi connectivity index (χ1v) is 5.31. The van der Waals surface area contributed by atoms with E-state index in [0.29, 0.717) is 19.0 Å². The second-order valence-corrected chi connectivity index (χ2v) is 3.90. The van der Waals surface area contributed by atoms with E-state index in [9.17, 15) is 9.59 Å². The number of hydrogen-bond acceptors (Lipinski definition) is 3. The minimum absolute atomic E-state index is 0.00625. The van der Waals surface area contributed by atoms with Crippen LogP contribution >= 0.6 is 0 Å². The van der Waals surface area contributed by atoms with Gasteiger partial charge in [-0.15, -0.1) is 0 Å². The monoisotopic (exact) mass is 213 g/mol. The minimum atomic E-state index is -0.138. The van der Waals surface area contributed by atoms with Gasteiger partial charge in [-0.3, -0.25) is 9.59 Å². The van der Waals surface area contributed by atoms with Crippen molar-refractivity contribution in [1.29, 1.82) is 0 Å². The zero-order valence-corrected chi connectivity index (χ0v) is 9.38. The molecule has 2 amide bonds. The Bertz CT molecular complexity index is 239. The van der Waals surface area contributed by atoms with E-state index in [1.54, 1.807) is 14.1 Å². The smallest absolute Gasteiger partial charge is 0.239 e. The first kappa shape index (κ1) is 12.0. The van der Waals surface area contributed by atoms with E-state index < -0.39 is 0 Å². The van der Waals surface area contributed by atoms with Gasteiger partial charge in [0, 0.05) is 33.1 Å². The number of nitrogens with zero attached hydrogens (tertiary/aromatic N) is 1. The number of carbonyl (C=O) groups excluding carboxylic acids is 2. The number of carbonyl (C=O) groups is 2. The molecular formula is C10H19N3O2. The van der Waals surface area contributed by atoms with Crippen LogP contribution in [0.15, 0.2) is 0 Å². The van der Waals surface area contributed by atoms with Crippen molar-refractivity contribution in [2.45, 2.75) is 25.3 Å². The Balaban J connectivity index is 2.10. The molecule has 1 aliphatic rings. The summed E-state index contributed by atoms with van der Waals surface area (Å²) < 4.78 is 0. The summed E-state index contributed by atoms with van der Waals surface area (Å²) >= 11 is 0. The van der Waals surface area contributed by atoms with E-state index in [0.717, 1.165) is 0 Å². The standard InChI is InChI=1S/C10H19N3O2/c1-11-9(14)7-13(2)10(15)5-6-12-8-3-4-8/h8,12H,3-7H2,1-2H3,(H,11,14). The molecule has 0 spiro atoms. The van der Waals surface area contributed by atoms with Crippen molar-refractivity contribution >= 4 is 11.8 Å². The Kier molecular flexibility index (Phi) is 4.55. The maximum Gasteiger partial charge on any atom is 0.239 e. The van der Waals surface area contributed by atoms with Gasteiger partial charge in [-0.1, -0.05) is 0 Å². The molecule has 0 atom stereocenters. The van der Waals surface area contributed by atoms with Gasteiger partial charge in [0.1, 0.15) is 0 Å². The predicted molar refractivity (Wildman–Crippen MR) is 57.3 cm³/mol. The third-order valence-electron chi connectivity index (χ3n) is 2.43. The fraction of sp³-hybridized carbons (Fsp3) is 0.800. The van der Waals surface area contributed by atoms with Gasteiger partial charge >= 0.3 is 0 Å². The van der Waals surface area contributed by atoms with Crippen LogP contribution in [0.2, 0.25) is 0 Å². The van der Waals surface area contributed by atoms with Crippen molar-refractivity contribution in [3.8, 4) is 0 Å². The Labute approximate surface area is 90.2 Å². The van der Waals surface area contributed by atoms with Crippen molar-refractivity contribution in [1.82, 2.24) is 15.5 Å². The molecule has 0 aromatic heterocycles. The maximum absolute atomic E-state index is 11.5. The third kappa shape index (κ3) is 4.78. The molecule has 0 unspecified atom stereocenters. The molecule has 5 nitrogen and oxygen atoms in total. The summed E-state index contributed by atoms with van der Waals surface area (Å²) in [6.07, 6.45) is 2.91. The van der Waals surface area contributed by atoms with Gasteiger partial charge < -0.3 is 15.5 Å². The molecule has 0 heterocycles. The van der Waals surface area contributed by atoms with Crippen molar-refractivity contribution in [2.75, 3.05) is 27.2 Å². The molecule has 1 rings (SSSR count). The zero-order valence-electron chi connectivity index (χ0n) is 9.38. The lowest BCUT2D eigenvalue weighted by Gasteiger charge is -2.16. The van der Waals surface area contributed by atoms with Crippen LogP contribution in [0.1, 0.15) is 19.3 Å². The fourth-order valence-corrected chi connectivity index (χ4v) is 1.24. The Hall–Kier alpha value is -1.10. The molecule has 0 aromatic rings. The average molecular weight is 213 g/mol. The highest BCUT2D eigenvalue weighted by molar-refractivity contribution is 5.84. The summed E-state index contributed by atoms with van der Waals surface area (Å²) in [4.78, 5) is 24.0. The highest BCUT2D eigenvalue weighted by atomic mass is 16.2. The lowest BCUT2D eigenvalue weighted by atomic mass is 10.3. The lowest BCUT2D eigenvalue weighted by Crippen LogP contribution is -2.38. The van der Waals surface area contributed by atoms with E-state index in [1.807, 2.05) is 0 Å². The molecule has 1 aliphatic carbocycles. The molecule has 0 aliphatic heterocycles. The van der Waals surface area contributed by atoms with Crippen molar-refractivity contribution in [3.05, 3.63) is 0 Å². The SMILES string of the molecule is CNC(=O)CN(C)C(=O)CCNC1CC1. The predicted octanol–water partition coefficient (Wildman–Crippen LogP) is -0.667. The molecule has 0 saturated heterocycles. The first-order chi connectivity index (χ1) is 7.13. The van der Waals surface area contributed by atoms with Gasteiger partial charge in [0.2, 0.25) is 11.8 Å². The highest BCUT2D eigenvalue weighted by Gasteiger charge is 2.20. The number of hydrogen-bond donors (Lipinski definition) is 2. The number of rotatable bonds is 6. The van der Waals surface area contributed by atoms with Gasteiger partial charge in [0.25, 0.3) is 0 Å². The van der Waals surface area contributed by atoms with Crippen LogP contribution in [-0.4, -0.2) is 49.9 Å². The van der Waals surface area contributed by atoms with Crippen LogP contribution in [0.4, 0.5) is 0 Å². The van der Waals surface area contributed by atoms with E-state index in [4.69, 9.17) is 0 Å². The fourth-order valence-electron chi connectivity index (χ4n) is 1.24. The molecule has 2 N–H and O–H groups in total. The average Bonchev–Trinajstić information content (AvgIpc) is 3.01. The molecule has 0 aromatic carbocycles. The number of nitrogens with one attached hydrogen (secondary N) is 2. The number of likely N-dealkylation sites (N-methyl/N-ethyl adjacent to an activating group) is 2. The van der Waals surface area contributed by atoms with Crippen LogP contribution in [0, 0.1) is 0 Å². The Morgan fingerprint density at radius 1 is 1.40 bits per heavy atom. The summed E-state index contributed by atoms with van der Waals surface area (Å²) in [5.41, 5.74) is 0. The Morgan fingerprint density at radius 2 is 2.07 bits per heavy atom. The van der Waals surface area contributed by atoms with E-state index >= 15 is 0 Å². The molecule has 0 radical (unpaired) electrons. The molecule has 5 heteroatoms.